The standard InChI is InChI=1S/C11H24N2O2S/c1-3-10(2)11(12)9-16(14,15)13-7-5-4-6-8-13/h10-11H,3-9,12H2,1-2H3. The zero-order valence-electron chi connectivity index (χ0n) is 10.4. The van der Waals surface area contributed by atoms with E-state index in [1.807, 2.05) is 13.8 Å². The van der Waals surface area contributed by atoms with Crippen molar-refractivity contribution in [2.75, 3.05) is 18.8 Å². The van der Waals surface area contributed by atoms with Crippen molar-refractivity contribution in [3.63, 3.8) is 0 Å². The number of nitrogens with two attached hydrogens (primary N) is 1. The molecule has 16 heavy (non-hydrogen) atoms. The first-order valence-electron chi connectivity index (χ1n) is 6.20. The average molecular weight is 248 g/mol. The molecule has 1 rings (SSSR count). The van der Waals surface area contributed by atoms with Gasteiger partial charge in [0.05, 0.1) is 5.75 Å². The molecule has 96 valence electrons. The normalized spacial score (nSPS) is 22.9. The van der Waals surface area contributed by atoms with Gasteiger partial charge in [-0.25, -0.2) is 12.7 Å². The lowest BCUT2D eigenvalue weighted by atomic mass is 10.0. The maximum atomic E-state index is 12.1. The molecule has 1 saturated heterocycles. The molecule has 2 unspecified atom stereocenters. The highest BCUT2D eigenvalue weighted by atomic mass is 32.2. The van der Waals surface area contributed by atoms with Crippen LogP contribution in [0.15, 0.2) is 0 Å². The fraction of sp³-hybridized carbons (Fsp3) is 1.00. The van der Waals surface area contributed by atoms with Crippen molar-refractivity contribution in [2.24, 2.45) is 11.7 Å². The van der Waals surface area contributed by atoms with Gasteiger partial charge >= 0.3 is 0 Å². The zero-order valence-corrected chi connectivity index (χ0v) is 11.2. The zero-order chi connectivity index (χ0) is 12.2. The second-order valence-corrected chi connectivity index (χ2v) is 6.80. The maximum Gasteiger partial charge on any atom is 0.215 e. The second-order valence-electron chi connectivity index (χ2n) is 4.79. The van der Waals surface area contributed by atoms with Crippen molar-refractivity contribution in [3.8, 4) is 0 Å². The van der Waals surface area contributed by atoms with Gasteiger partial charge in [0, 0.05) is 19.1 Å². The van der Waals surface area contributed by atoms with E-state index in [1.165, 1.54) is 0 Å². The van der Waals surface area contributed by atoms with Crippen molar-refractivity contribution in [3.05, 3.63) is 0 Å². The number of piperidine rings is 1. The van der Waals surface area contributed by atoms with Crippen molar-refractivity contribution in [1.29, 1.82) is 0 Å². The summed E-state index contributed by atoms with van der Waals surface area (Å²) >= 11 is 0. The first-order chi connectivity index (χ1) is 7.47. The first kappa shape index (κ1) is 13.9. The lowest BCUT2D eigenvalue weighted by Gasteiger charge is -2.28. The van der Waals surface area contributed by atoms with Crippen LogP contribution in [-0.2, 0) is 10.0 Å². The van der Waals surface area contributed by atoms with Crippen molar-refractivity contribution < 1.29 is 8.42 Å². The Kier molecular flexibility index (Phi) is 5.21. The fourth-order valence-electron chi connectivity index (χ4n) is 1.96. The van der Waals surface area contributed by atoms with Crippen molar-refractivity contribution >= 4 is 10.0 Å². The molecule has 4 nitrogen and oxygen atoms in total. The maximum absolute atomic E-state index is 12.1. The third-order valence-electron chi connectivity index (χ3n) is 3.49. The molecule has 2 atom stereocenters. The predicted octanol–water partition coefficient (Wildman–Crippen LogP) is 1.18. The molecule has 0 radical (unpaired) electrons. The smallest absolute Gasteiger partial charge is 0.215 e. The molecule has 0 bridgehead atoms. The fourth-order valence-corrected chi connectivity index (χ4v) is 3.80. The Labute approximate surface area is 99.2 Å². The van der Waals surface area contributed by atoms with Crippen molar-refractivity contribution in [1.82, 2.24) is 4.31 Å². The molecule has 0 aromatic heterocycles. The highest BCUT2D eigenvalue weighted by Crippen LogP contribution is 2.16. The van der Waals surface area contributed by atoms with Gasteiger partial charge in [0.15, 0.2) is 0 Å². The Morgan fingerprint density at radius 3 is 2.31 bits per heavy atom. The van der Waals surface area contributed by atoms with Crippen LogP contribution in [0.5, 0.6) is 0 Å². The summed E-state index contributed by atoms with van der Waals surface area (Å²) in [5.74, 6) is 0.363. The Balaban J connectivity index is 2.56. The van der Waals surface area contributed by atoms with Gasteiger partial charge < -0.3 is 5.73 Å². The van der Waals surface area contributed by atoms with E-state index in [0.717, 1.165) is 25.7 Å². The summed E-state index contributed by atoms with van der Waals surface area (Å²) in [4.78, 5) is 0. The second kappa shape index (κ2) is 5.98. The minimum atomic E-state index is -3.13. The highest BCUT2D eigenvalue weighted by molar-refractivity contribution is 7.89. The molecule has 0 amide bonds. The van der Waals surface area contributed by atoms with Gasteiger partial charge in [-0.2, -0.15) is 0 Å². The molecule has 0 aliphatic carbocycles. The highest BCUT2D eigenvalue weighted by Gasteiger charge is 2.27. The van der Waals surface area contributed by atoms with Gasteiger partial charge in [0.25, 0.3) is 0 Å². The number of hydrogen-bond acceptors (Lipinski definition) is 3. The summed E-state index contributed by atoms with van der Waals surface area (Å²) in [5, 5.41) is 0. The molecule has 0 saturated carbocycles. The molecule has 0 spiro atoms. The predicted molar refractivity (Wildman–Crippen MR) is 66.6 cm³/mol. The average Bonchev–Trinajstić information content (AvgIpc) is 2.28. The molecule has 5 heteroatoms. The van der Waals surface area contributed by atoms with Crippen LogP contribution in [0.25, 0.3) is 0 Å². The third-order valence-corrected chi connectivity index (χ3v) is 5.44. The van der Waals surface area contributed by atoms with Gasteiger partial charge in [0.2, 0.25) is 10.0 Å². The minimum absolute atomic E-state index is 0.0992. The molecule has 1 aliphatic heterocycles. The van der Waals surface area contributed by atoms with Crippen LogP contribution in [0.4, 0.5) is 0 Å². The summed E-state index contributed by atoms with van der Waals surface area (Å²) in [6, 6.07) is -0.239. The first-order valence-corrected chi connectivity index (χ1v) is 7.81. The van der Waals surface area contributed by atoms with Crippen LogP contribution in [0.3, 0.4) is 0 Å². The molecule has 0 aromatic carbocycles. The van der Waals surface area contributed by atoms with Gasteiger partial charge in [-0.1, -0.05) is 26.7 Å². The summed E-state index contributed by atoms with van der Waals surface area (Å²) < 4.78 is 25.7. The van der Waals surface area contributed by atoms with Gasteiger partial charge in [0.1, 0.15) is 0 Å². The topological polar surface area (TPSA) is 63.4 Å². The largest absolute Gasteiger partial charge is 0.326 e. The Morgan fingerprint density at radius 2 is 1.81 bits per heavy atom. The summed E-state index contributed by atoms with van der Waals surface area (Å²) in [6.07, 6.45) is 4.04. The van der Waals surface area contributed by atoms with E-state index < -0.39 is 10.0 Å². The Morgan fingerprint density at radius 1 is 1.25 bits per heavy atom. The molecule has 2 N–H and O–H groups in total. The quantitative estimate of drug-likeness (QED) is 0.794. The summed E-state index contributed by atoms with van der Waals surface area (Å²) in [6.45, 7) is 5.40. The minimum Gasteiger partial charge on any atom is -0.326 e. The van der Waals surface area contributed by atoms with Gasteiger partial charge in [-0.15, -0.1) is 0 Å². The van der Waals surface area contributed by atoms with Gasteiger partial charge in [-0.05, 0) is 18.8 Å². The van der Waals surface area contributed by atoms with Crippen LogP contribution in [-0.4, -0.2) is 37.6 Å². The number of sulfonamides is 1. The van der Waals surface area contributed by atoms with E-state index in [4.69, 9.17) is 5.73 Å². The third kappa shape index (κ3) is 3.71. The molecule has 1 aliphatic rings. The molecule has 0 aromatic rings. The van der Waals surface area contributed by atoms with Crippen LogP contribution >= 0.6 is 0 Å². The van der Waals surface area contributed by atoms with Crippen LogP contribution in [0, 0.1) is 5.92 Å². The molecular weight excluding hydrogens is 224 g/mol. The van der Waals surface area contributed by atoms with Gasteiger partial charge in [-0.3, -0.25) is 0 Å². The number of hydrogen-bond donors (Lipinski definition) is 1. The van der Waals surface area contributed by atoms with E-state index >= 15 is 0 Å². The van der Waals surface area contributed by atoms with Crippen molar-refractivity contribution in [2.45, 2.75) is 45.6 Å². The van der Waals surface area contributed by atoms with E-state index in [2.05, 4.69) is 0 Å². The van der Waals surface area contributed by atoms with Crippen LogP contribution in [0.2, 0.25) is 0 Å². The molecule has 1 fully saturated rings. The lowest BCUT2D eigenvalue weighted by molar-refractivity contribution is 0.342. The lowest BCUT2D eigenvalue weighted by Crippen LogP contribution is -2.44. The van der Waals surface area contributed by atoms with Crippen LogP contribution in [0.1, 0.15) is 39.5 Å². The SMILES string of the molecule is CCC(C)C(N)CS(=O)(=O)N1CCCCC1. The van der Waals surface area contributed by atoms with E-state index in [1.54, 1.807) is 4.31 Å². The Hall–Kier alpha value is -0.130. The van der Waals surface area contributed by atoms with E-state index in [-0.39, 0.29) is 17.7 Å². The number of nitrogens with zero attached hydrogens (tertiary/aromatic N) is 1. The van der Waals surface area contributed by atoms with Crippen LogP contribution < -0.4 is 5.73 Å². The summed E-state index contributed by atoms with van der Waals surface area (Å²) in [5.41, 5.74) is 5.91. The monoisotopic (exact) mass is 248 g/mol. The van der Waals surface area contributed by atoms with E-state index in [9.17, 15) is 8.42 Å². The molecular formula is C11H24N2O2S. The Bertz CT molecular complexity index is 297. The molecule has 1 heterocycles. The van der Waals surface area contributed by atoms with E-state index in [0.29, 0.717) is 13.1 Å². The summed E-state index contributed by atoms with van der Waals surface area (Å²) in [7, 11) is -3.13. The number of rotatable bonds is 5.